The standard InChI is InChI=1S/C26H33N3O7S/c1-18-15-19(2)24(20(3)16-18)37(34,35)29-13-11-28(12-14-29)23(30)10-9-22(25(31)32)27-26(33)36-17-21-7-5-4-6-8-21/h4-8,15-16,22H,9-14,17H2,1-3H3,(H,27,33)(H,31,32)/t22-/m0/s1. The Labute approximate surface area is 217 Å². The number of nitrogens with one attached hydrogen (secondary N) is 1. The van der Waals surface area contributed by atoms with E-state index in [9.17, 15) is 27.9 Å². The Bertz CT molecular complexity index is 1220. The number of carboxylic acids is 1. The van der Waals surface area contributed by atoms with Crippen molar-refractivity contribution in [2.24, 2.45) is 0 Å². The van der Waals surface area contributed by atoms with Crippen molar-refractivity contribution in [3.05, 3.63) is 64.7 Å². The molecule has 0 aliphatic carbocycles. The van der Waals surface area contributed by atoms with Gasteiger partial charge in [-0.2, -0.15) is 4.31 Å². The molecule has 1 saturated heterocycles. The van der Waals surface area contributed by atoms with Crippen LogP contribution >= 0.6 is 0 Å². The number of carbonyl (C=O) groups is 3. The van der Waals surface area contributed by atoms with Crippen LogP contribution in [0.25, 0.3) is 0 Å². The van der Waals surface area contributed by atoms with Crippen LogP contribution in [0.3, 0.4) is 0 Å². The van der Waals surface area contributed by atoms with E-state index < -0.39 is 28.1 Å². The van der Waals surface area contributed by atoms with Gasteiger partial charge in [-0.15, -0.1) is 0 Å². The number of ether oxygens (including phenoxy) is 1. The molecule has 1 atom stereocenters. The van der Waals surface area contributed by atoms with Gasteiger partial charge in [0.15, 0.2) is 0 Å². The van der Waals surface area contributed by atoms with Crippen LogP contribution in [-0.4, -0.2) is 72.9 Å². The first-order valence-electron chi connectivity index (χ1n) is 12.0. The molecule has 11 heteroatoms. The van der Waals surface area contributed by atoms with Gasteiger partial charge in [-0.05, 0) is 43.9 Å². The molecule has 0 saturated carbocycles. The smallest absolute Gasteiger partial charge is 0.408 e. The van der Waals surface area contributed by atoms with E-state index in [0.717, 1.165) is 11.1 Å². The second-order valence-electron chi connectivity index (χ2n) is 9.15. The number of carboxylic acid groups (broad SMARTS) is 1. The molecule has 1 fully saturated rings. The van der Waals surface area contributed by atoms with Gasteiger partial charge in [0, 0.05) is 32.6 Å². The maximum atomic E-state index is 13.3. The van der Waals surface area contributed by atoms with Crippen molar-refractivity contribution in [3.8, 4) is 0 Å². The largest absolute Gasteiger partial charge is 0.480 e. The fourth-order valence-electron chi connectivity index (χ4n) is 4.47. The summed E-state index contributed by atoms with van der Waals surface area (Å²) in [7, 11) is -3.71. The van der Waals surface area contributed by atoms with Gasteiger partial charge in [0.25, 0.3) is 0 Å². The molecule has 200 valence electrons. The van der Waals surface area contributed by atoms with Crippen LogP contribution in [0.5, 0.6) is 0 Å². The lowest BCUT2D eigenvalue weighted by Crippen LogP contribution is -2.51. The zero-order chi connectivity index (χ0) is 27.2. The third-order valence-corrected chi connectivity index (χ3v) is 8.45. The van der Waals surface area contributed by atoms with Crippen molar-refractivity contribution in [1.82, 2.24) is 14.5 Å². The molecule has 1 heterocycles. The number of benzene rings is 2. The Morgan fingerprint density at radius 1 is 1.00 bits per heavy atom. The molecule has 2 aromatic carbocycles. The van der Waals surface area contributed by atoms with Crippen LogP contribution in [0.4, 0.5) is 4.79 Å². The van der Waals surface area contributed by atoms with Crippen LogP contribution in [-0.2, 0) is 31.0 Å². The second kappa shape index (κ2) is 12.2. The minimum Gasteiger partial charge on any atom is -0.480 e. The fourth-order valence-corrected chi connectivity index (χ4v) is 6.30. The number of carbonyl (C=O) groups excluding carboxylic acids is 2. The van der Waals surface area contributed by atoms with Gasteiger partial charge in [0.2, 0.25) is 15.9 Å². The highest BCUT2D eigenvalue weighted by Gasteiger charge is 2.32. The Kier molecular flexibility index (Phi) is 9.28. The third-order valence-electron chi connectivity index (χ3n) is 6.24. The van der Waals surface area contributed by atoms with E-state index in [1.807, 2.05) is 25.1 Å². The predicted octanol–water partition coefficient (Wildman–Crippen LogP) is 2.60. The van der Waals surface area contributed by atoms with Crippen molar-refractivity contribution < 1.29 is 32.6 Å². The lowest BCUT2D eigenvalue weighted by molar-refractivity contribution is -0.140. The second-order valence-corrected chi connectivity index (χ2v) is 11.0. The Balaban J connectivity index is 1.50. The quantitative estimate of drug-likeness (QED) is 0.508. The molecule has 0 bridgehead atoms. The predicted molar refractivity (Wildman–Crippen MR) is 136 cm³/mol. The number of amides is 2. The summed E-state index contributed by atoms with van der Waals surface area (Å²) in [6.45, 7) is 6.15. The summed E-state index contributed by atoms with van der Waals surface area (Å²) in [6, 6.07) is 11.3. The molecule has 0 spiro atoms. The summed E-state index contributed by atoms with van der Waals surface area (Å²) >= 11 is 0. The Hall–Kier alpha value is -3.44. The molecule has 37 heavy (non-hydrogen) atoms. The molecule has 1 aliphatic rings. The maximum Gasteiger partial charge on any atom is 0.408 e. The van der Waals surface area contributed by atoms with E-state index in [2.05, 4.69) is 5.32 Å². The number of sulfonamides is 1. The Morgan fingerprint density at radius 3 is 2.16 bits per heavy atom. The number of aliphatic carboxylic acids is 1. The number of rotatable bonds is 9. The van der Waals surface area contributed by atoms with Crippen LogP contribution in [0.15, 0.2) is 47.4 Å². The van der Waals surface area contributed by atoms with Crippen LogP contribution in [0.2, 0.25) is 0 Å². The minimum absolute atomic E-state index is 0.00718. The summed E-state index contributed by atoms with van der Waals surface area (Å²) in [6.07, 6.45) is -1.11. The summed E-state index contributed by atoms with van der Waals surface area (Å²) in [4.78, 5) is 38.2. The number of alkyl carbamates (subject to hydrolysis) is 1. The highest BCUT2D eigenvalue weighted by Crippen LogP contribution is 2.26. The zero-order valence-corrected chi connectivity index (χ0v) is 22.1. The molecule has 1 aliphatic heterocycles. The average Bonchev–Trinajstić information content (AvgIpc) is 2.84. The SMILES string of the molecule is Cc1cc(C)c(S(=O)(=O)N2CCN(C(=O)CC[C@H](NC(=O)OCc3ccccc3)C(=O)O)CC2)c(C)c1. The molecule has 2 amide bonds. The van der Waals surface area contributed by atoms with Crippen LogP contribution in [0, 0.1) is 20.8 Å². The van der Waals surface area contributed by atoms with Gasteiger partial charge >= 0.3 is 12.1 Å². The maximum absolute atomic E-state index is 13.3. The molecule has 0 aromatic heterocycles. The van der Waals surface area contributed by atoms with Crippen molar-refractivity contribution >= 4 is 28.0 Å². The number of aryl methyl sites for hydroxylation is 3. The van der Waals surface area contributed by atoms with E-state index in [1.54, 1.807) is 38.1 Å². The van der Waals surface area contributed by atoms with Crippen molar-refractivity contribution in [2.75, 3.05) is 26.2 Å². The van der Waals surface area contributed by atoms with Gasteiger partial charge in [-0.1, -0.05) is 48.0 Å². The first-order chi connectivity index (χ1) is 17.5. The Morgan fingerprint density at radius 2 is 1.59 bits per heavy atom. The molecule has 3 rings (SSSR count). The number of nitrogens with zero attached hydrogens (tertiary/aromatic N) is 2. The average molecular weight is 532 g/mol. The van der Waals surface area contributed by atoms with Crippen LogP contribution < -0.4 is 5.32 Å². The van der Waals surface area contributed by atoms with Crippen molar-refractivity contribution in [2.45, 2.75) is 51.2 Å². The first-order valence-corrected chi connectivity index (χ1v) is 13.5. The van der Waals surface area contributed by atoms with Crippen molar-refractivity contribution in [1.29, 1.82) is 0 Å². The molecule has 2 N–H and O–H groups in total. The molecular weight excluding hydrogens is 498 g/mol. The molecule has 2 aromatic rings. The van der Waals surface area contributed by atoms with E-state index in [1.165, 1.54) is 9.21 Å². The van der Waals surface area contributed by atoms with E-state index >= 15 is 0 Å². The van der Waals surface area contributed by atoms with Gasteiger partial charge in [0.05, 0.1) is 4.90 Å². The summed E-state index contributed by atoms with van der Waals surface area (Å²) in [5.41, 5.74) is 3.12. The fraction of sp³-hybridized carbons (Fsp3) is 0.423. The van der Waals surface area contributed by atoms with Crippen LogP contribution in [0.1, 0.15) is 35.1 Å². The topological polar surface area (TPSA) is 133 Å². The normalized spacial score (nSPS) is 15.2. The van der Waals surface area contributed by atoms with E-state index in [-0.39, 0.29) is 51.5 Å². The monoisotopic (exact) mass is 531 g/mol. The van der Waals surface area contributed by atoms with Gasteiger partial charge in [-0.25, -0.2) is 18.0 Å². The molecular formula is C26H33N3O7S. The summed E-state index contributed by atoms with van der Waals surface area (Å²) in [5, 5.41) is 11.7. The van der Waals surface area contributed by atoms with Gasteiger partial charge in [-0.3, -0.25) is 4.79 Å². The number of hydrogen-bond donors (Lipinski definition) is 2. The zero-order valence-electron chi connectivity index (χ0n) is 21.3. The molecule has 10 nitrogen and oxygen atoms in total. The minimum atomic E-state index is -3.71. The number of hydrogen-bond acceptors (Lipinski definition) is 6. The summed E-state index contributed by atoms with van der Waals surface area (Å²) < 4.78 is 33.0. The summed E-state index contributed by atoms with van der Waals surface area (Å²) in [5.74, 6) is -1.57. The number of piperazine rings is 1. The van der Waals surface area contributed by atoms with Crippen molar-refractivity contribution in [3.63, 3.8) is 0 Å². The lowest BCUT2D eigenvalue weighted by Gasteiger charge is -2.34. The molecule has 0 radical (unpaired) electrons. The highest BCUT2D eigenvalue weighted by atomic mass is 32.2. The highest BCUT2D eigenvalue weighted by molar-refractivity contribution is 7.89. The first kappa shape index (κ1) is 28.1. The van der Waals surface area contributed by atoms with E-state index in [4.69, 9.17) is 4.74 Å². The third kappa shape index (κ3) is 7.30. The molecule has 0 unspecified atom stereocenters. The van der Waals surface area contributed by atoms with Gasteiger partial charge in [0.1, 0.15) is 12.6 Å². The lowest BCUT2D eigenvalue weighted by atomic mass is 10.1. The van der Waals surface area contributed by atoms with Gasteiger partial charge < -0.3 is 20.1 Å². The van der Waals surface area contributed by atoms with E-state index in [0.29, 0.717) is 16.0 Å².